The normalized spacial score (nSPS) is 16.1. The average Bonchev–Trinajstić information content (AvgIpc) is 3.08. The van der Waals surface area contributed by atoms with Gasteiger partial charge >= 0.3 is 6.03 Å². The Bertz CT molecular complexity index is 818. The van der Waals surface area contributed by atoms with Gasteiger partial charge in [-0.15, -0.1) is 11.3 Å². The van der Waals surface area contributed by atoms with Crippen molar-refractivity contribution in [3.8, 4) is 0 Å². The molecule has 0 unspecified atom stereocenters. The molecule has 0 saturated carbocycles. The van der Waals surface area contributed by atoms with E-state index in [-0.39, 0.29) is 37.1 Å². The predicted molar refractivity (Wildman–Crippen MR) is 87.9 cm³/mol. The molecule has 2 amide bonds. The summed E-state index contributed by atoms with van der Waals surface area (Å²) in [4.78, 5) is 17.2. The van der Waals surface area contributed by atoms with Crippen molar-refractivity contribution < 1.29 is 17.6 Å². The Labute approximate surface area is 142 Å². The van der Waals surface area contributed by atoms with Crippen LogP contribution in [-0.4, -0.2) is 54.8 Å². The van der Waals surface area contributed by atoms with Crippen molar-refractivity contribution in [3.63, 3.8) is 0 Å². The van der Waals surface area contributed by atoms with E-state index in [2.05, 4.69) is 10.3 Å². The van der Waals surface area contributed by atoms with Crippen LogP contribution < -0.4 is 5.32 Å². The van der Waals surface area contributed by atoms with Gasteiger partial charge in [-0.05, 0) is 12.1 Å². The van der Waals surface area contributed by atoms with Gasteiger partial charge in [0.1, 0.15) is 10.7 Å². The second-order valence-corrected chi connectivity index (χ2v) is 7.89. The molecule has 24 heavy (non-hydrogen) atoms. The van der Waals surface area contributed by atoms with E-state index in [0.29, 0.717) is 5.13 Å². The van der Waals surface area contributed by atoms with Crippen LogP contribution in [0.25, 0.3) is 0 Å². The molecule has 0 radical (unpaired) electrons. The smallest absolute Gasteiger partial charge is 0.322 e. The van der Waals surface area contributed by atoms with Crippen LogP contribution >= 0.6 is 11.3 Å². The molecule has 10 heteroatoms. The minimum absolute atomic E-state index is 0.113. The summed E-state index contributed by atoms with van der Waals surface area (Å²) in [5.41, 5.74) is 0. The van der Waals surface area contributed by atoms with E-state index in [1.807, 2.05) is 0 Å². The predicted octanol–water partition coefficient (Wildman–Crippen LogP) is 1.82. The van der Waals surface area contributed by atoms with Crippen molar-refractivity contribution in [1.82, 2.24) is 14.2 Å². The lowest BCUT2D eigenvalue weighted by Crippen LogP contribution is -2.51. The topological polar surface area (TPSA) is 82.6 Å². The molecule has 0 aliphatic carbocycles. The zero-order valence-corrected chi connectivity index (χ0v) is 14.2. The van der Waals surface area contributed by atoms with Gasteiger partial charge in [-0.25, -0.2) is 22.6 Å². The maximum absolute atomic E-state index is 13.8. The third-order valence-electron chi connectivity index (χ3n) is 3.63. The van der Waals surface area contributed by atoms with Crippen LogP contribution in [0.2, 0.25) is 0 Å². The van der Waals surface area contributed by atoms with Crippen LogP contribution in [0.5, 0.6) is 0 Å². The monoisotopic (exact) mass is 370 g/mol. The van der Waals surface area contributed by atoms with Crippen molar-refractivity contribution >= 4 is 32.5 Å². The standard InChI is InChI=1S/C14H15FN4O3S2/c15-11-3-1-2-4-12(11)24(21,22)19-8-6-18(7-9-19)14(20)17-13-16-5-10-23-13/h1-5,10H,6-9H2,(H,16,17,20). The molecule has 0 bridgehead atoms. The Morgan fingerprint density at radius 3 is 2.54 bits per heavy atom. The minimum atomic E-state index is -3.90. The summed E-state index contributed by atoms with van der Waals surface area (Å²) in [6.07, 6.45) is 1.58. The maximum atomic E-state index is 13.8. The van der Waals surface area contributed by atoms with Gasteiger partial charge in [-0.3, -0.25) is 5.32 Å². The summed E-state index contributed by atoms with van der Waals surface area (Å²) in [7, 11) is -3.90. The molecule has 1 aromatic heterocycles. The molecule has 1 saturated heterocycles. The number of aromatic nitrogens is 1. The third-order valence-corrected chi connectivity index (χ3v) is 6.25. The van der Waals surface area contributed by atoms with E-state index in [4.69, 9.17) is 0 Å². The molecule has 128 valence electrons. The van der Waals surface area contributed by atoms with Crippen molar-refractivity contribution in [1.29, 1.82) is 0 Å². The molecule has 2 aromatic rings. The zero-order chi connectivity index (χ0) is 17.2. The van der Waals surface area contributed by atoms with E-state index >= 15 is 0 Å². The Hall–Kier alpha value is -2.04. The molecule has 0 spiro atoms. The number of urea groups is 1. The third kappa shape index (κ3) is 3.40. The number of carbonyl (C=O) groups excluding carboxylic acids is 1. The molecular weight excluding hydrogens is 355 g/mol. The summed E-state index contributed by atoms with van der Waals surface area (Å²) >= 11 is 1.30. The summed E-state index contributed by atoms with van der Waals surface area (Å²) in [6, 6.07) is 4.95. The molecule has 1 aromatic carbocycles. The lowest BCUT2D eigenvalue weighted by molar-refractivity contribution is 0.184. The first-order chi connectivity index (χ1) is 11.5. The van der Waals surface area contributed by atoms with E-state index in [0.717, 1.165) is 6.07 Å². The molecule has 0 atom stereocenters. The van der Waals surface area contributed by atoms with Crippen LogP contribution in [0.15, 0.2) is 40.7 Å². The van der Waals surface area contributed by atoms with Gasteiger partial charge in [0.05, 0.1) is 0 Å². The number of piperazine rings is 1. The number of benzene rings is 1. The highest BCUT2D eigenvalue weighted by molar-refractivity contribution is 7.89. The number of rotatable bonds is 3. The number of thiazole rings is 1. The van der Waals surface area contributed by atoms with Crippen molar-refractivity contribution in [3.05, 3.63) is 41.7 Å². The Balaban J connectivity index is 1.64. The van der Waals surface area contributed by atoms with Gasteiger partial charge in [0.25, 0.3) is 0 Å². The number of hydrogen-bond donors (Lipinski definition) is 1. The van der Waals surface area contributed by atoms with Crippen molar-refractivity contribution in [2.24, 2.45) is 0 Å². The maximum Gasteiger partial charge on any atom is 0.323 e. The van der Waals surface area contributed by atoms with E-state index in [9.17, 15) is 17.6 Å². The SMILES string of the molecule is O=C(Nc1nccs1)N1CCN(S(=O)(=O)c2ccccc2F)CC1. The Morgan fingerprint density at radius 1 is 1.21 bits per heavy atom. The van der Waals surface area contributed by atoms with Crippen LogP contribution in [0.1, 0.15) is 0 Å². The van der Waals surface area contributed by atoms with Crippen molar-refractivity contribution in [2.75, 3.05) is 31.5 Å². The number of nitrogens with one attached hydrogen (secondary N) is 1. The number of carbonyl (C=O) groups is 1. The molecule has 1 fully saturated rings. The highest BCUT2D eigenvalue weighted by Crippen LogP contribution is 2.20. The molecule has 7 nitrogen and oxygen atoms in total. The summed E-state index contributed by atoms with van der Waals surface area (Å²) in [5, 5.41) is 4.88. The lowest BCUT2D eigenvalue weighted by Gasteiger charge is -2.33. The Kier molecular flexibility index (Phi) is 4.78. The lowest BCUT2D eigenvalue weighted by atomic mass is 10.3. The highest BCUT2D eigenvalue weighted by atomic mass is 32.2. The van der Waals surface area contributed by atoms with E-state index in [1.54, 1.807) is 11.6 Å². The average molecular weight is 370 g/mol. The summed E-state index contributed by atoms with van der Waals surface area (Å²) in [6.45, 7) is 0.680. The fourth-order valence-electron chi connectivity index (χ4n) is 2.38. The molecule has 2 heterocycles. The van der Waals surface area contributed by atoms with Crippen LogP contribution in [0, 0.1) is 5.82 Å². The summed E-state index contributed by atoms with van der Waals surface area (Å²) in [5.74, 6) is -0.776. The number of halogens is 1. The van der Waals surface area contributed by atoms with E-state index < -0.39 is 15.8 Å². The van der Waals surface area contributed by atoms with Gasteiger partial charge in [0, 0.05) is 37.8 Å². The fourth-order valence-corrected chi connectivity index (χ4v) is 4.39. The second kappa shape index (κ2) is 6.83. The highest BCUT2D eigenvalue weighted by Gasteiger charge is 2.31. The van der Waals surface area contributed by atoms with Gasteiger partial charge < -0.3 is 4.90 Å². The quantitative estimate of drug-likeness (QED) is 0.893. The second-order valence-electron chi connectivity index (χ2n) is 5.09. The number of anilines is 1. The first-order valence-electron chi connectivity index (χ1n) is 7.18. The van der Waals surface area contributed by atoms with Gasteiger partial charge in [-0.1, -0.05) is 12.1 Å². The number of amides is 2. The molecule has 1 aliphatic heterocycles. The molecular formula is C14H15FN4O3S2. The van der Waals surface area contributed by atoms with Crippen molar-refractivity contribution in [2.45, 2.75) is 4.90 Å². The van der Waals surface area contributed by atoms with Gasteiger partial charge in [0.2, 0.25) is 10.0 Å². The van der Waals surface area contributed by atoms with Gasteiger partial charge in [-0.2, -0.15) is 4.31 Å². The first-order valence-corrected chi connectivity index (χ1v) is 9.50. The van der Waals surface area contributed by atoms with Crippen LogP contribution in [0.4, 0.5) is 14.3 Å². The number of sulfonamides is 1. The van der Waals surface area contributed by atoms with Crippen LogP contribution in [-0.2, 0) is 10.0 Å². The zero-order valence-electron chi connectivity index (χ0n) is 12.6. The molecule has 1 N–H and O–H groups in total. The van der Waals surface area contributed by atoms with Gasteiger partial charge in [0.15, 0.2) is 5.13 Å². The first kappa shape index (κ1) is 16.8. The van der Waals surface area contributed by atoms with E-state index in [1.165, 1.54) is 38.7 Å². The largest absolute Gasteiger partial charge is 0.323 e. The fraction of sp³-hybridized carbons (Fsp3) is 0.286. The van der Waals surface area contributed by atoms with Crippen LogP contribution in [0.3, 0.4) is 0 Å². The number of nitrogens with zero attached hydrogens (tertiary/aromatic N) is 3. The summed E-state index contributed by atoms with van der Waals surface area (Å²) < 4.78 is 40.0. The minimum Gasteiger partial charge on any atom is -0.322 e. The number of hydrogen-bond acceptors (Lipinski definition) is 5. The Morgan fingerprint density at radius 2 is 1.92 bits per heavy atom. The molecule has 3 rings (SSSR count). The molecule has 1 aliphatic rings.